The molecule has 1 nitrogen and oxygen atoms in total. The number of hydrogen-bond donors (Lipinski definition) is 1. The summed E-state index contributed by atoms with van der Waals surface area (Å²) >= 11 is 0. The summed E-state index contributed by atoms with van der Waals surface area (Å²) in [6.07, 6.45) is 5.29. The highest BCUT2D eigenvalue weighted by atomic mass is 14.8. The Labute approximate surface area is 183 Å². The maximum Gasteiger partial charge on any atom is 0.0149 e. The zero-order valence-electron chi connectivity index (χ0n) is 18.9. The molecule has 0 aliphatic heterocycles. The summed E-state index contributed by atoms with van der Waals surface area (Å²) in [4.78, 5) is 0. The first-order chi connectivity index (χ1) is 14.5. The van der Waals surface area contributed by atoms with Crippen LogP contribution in [0.5, 0.6) is 0 Å². The SMILES string of the molecule is C=CNCCC(C)(CCC(C)c1ccccc1)c1ccccc1.Cc1ccccc1. The van der Waals surface area contributed by atoms with Crippen molar-refractivity contribution >= 4 is 0 Å². The molecule has 2 unspecified atom stereocenters. The summed E-state index contributed by atoms with van der Waals surface area (Å²) in [7, 11) is 0. The van der Waals surface area contributed by atoms with Gasteiger partial charge >= 0.3 is 0 Å². The highest BCUT2D eigenvalue weighted by molar-refractivity contribution is 5.25. The summed E-state index contributed by atoms with van der Waals surface area (Å²) in [6, 6.07) is 32.0. The van der Waals surface area contributed by atoms with Gasteiger partial charge in [-0.05, 0) is 54.8 Å². The van der Waals surface area contributed by atoms with Crippen molar-refractivity contribution in [1.82, 2.24) is 5.32 Å². The average molecular weight is 400 g/mol. The highest BCUT2D eigenvalue weighted by Gasteiger charge is 2.26. The van der Waals surface area contributed by atoms with Crippen LogP contribution in [0.2, 0.25) is 0 Å². The van der Waals surface area contributed by atoms with E-state index in [0.29, 0.717) is 5.92 Å². The van der Waals surface area contributed by atoms with Crippen LogP contribution in [0.15, 0.2) is 104 Å². The van der Waals surface area contributed by atoms with E-state index in [-0.39, 0.29) is 5.41 Å². The third kappa shape index (κ3) is 7.91. The van der Waals surface area contributed by atoms with Crippen LogP contribution in [0.3, 0.4) is 0 Å². The van der Waals surface area contributed by atoms with Gasteiger partial charge in [0.25, 0.3) is 0 Å². The van der Waals surface area contributed by atoms with Gasteiger partial charge in [-0.3, -0.25) is 0 Å². The number of rotatable bonds is 9. The Bertz CT molecular complexity index is 826. The zero-order valence-corrected chi connectivity index (χ0v) is 18.9. The molecule has 1 N–H and O–H groups in total. The van der Waals surface area contributed by atoms with Gasteiger partial charge in [-0.25, -0.2) is 0 Å². The van der Waals surface area contributed by atoms with Crippen molar-refractivity contribution in [3.05, 3.63) is 120 Å². The van der Waals surface area contributed by atoms with Gasteiger partial charge in [0.05, 0.1) is 0 Å². The van der Waals surface area contributed by atoms with E-state index in [1.165, 1.54) is 29.5 Å². The lowest BCUT2D eigenvalue weighted by molar-refractivity contribution is 0.374. The van der Waals surface area contributed by atoms with Crippen molar-refractivity contribution in [3.8, 4) is 0 Å². The minimum Gasteiger partial charge on any atom is -0.391 e. The molecule has 0 fully saturated rings. The fourth-order valence-corrected chi connectivity index (χ4v) is 3.72. The lowest BCUT2D eigenvalue weighted by atomic mass is 9.74. The van der Waals surface area contributed by atoms with Crippen LogP contribution in [0.25, 0.3) is 0 Å². The summed E-state index contributed by atoms with van der Waals surface area (Å²) < 4.78 is 0. The Morgan fingerprint density at radius 3 is 1.87 bits per heavy atom. The van der Waals surface area contributed by atoms with Crippen LogP contribution in [0.1, 0.15) is 55.7 Å². The van der Waals surface area contributed by atoms with Crippen molar-refractivity contribution in [1.29, 1.82) is 0 Å². The smallest absolute Gasteiger partial charge is 0.0149 e. The van der Waals surface area contributed by atoms with Gasteiger partial charge in [-0.1, -0.05) is 117 Å². The summed E-state index contributed by atoms with van der Waals surface area (Å²) in [6.45, 7) is 11.5. The van der Waals surface area contributed by atoms with E-state index in [4.69, 9.17) is 0 Å². The predicted molar refractivity (Wildman–Crippen MR) is 132 cm³/mol. The molecule has 3 aromatic carbocycles. The van der Waals surface area contributed by atoms with Crippen LogP contribution in [0.4, 0.5) is 0 Å². The number of nitrogens with one attached hydrogen (secondary N) is 1. The Morgan fingerprint density at radius 1 is 0.833 bits per heavy atom. The maximum absolute atomic E-state index is 3.76. The van der Waals surface area contributed by atoms with Crippen molar-refractivity contribution in [2.24, 2.45) is 0 Å². The topological polar surface area (TPSA) is 12.0 Å². The molecule has 0 radical (unpaired) electrons. The molecule has 0 aliphatic carbocycles. The largest absolute Gasteiger partial charge is 0.391 e. The molecule has 0 aliphatic rings. The summed E-state index contributed by atoms with van der Waals surface area (Å²) in [5, 5.41) is 3.26. The first-order valence-electron chi connectivity index (χ1n) is 11.0. The molecule has 3 aromatic rings. The number of hydrogen-bond acceptors (Lipinski definition) is 1. The van der Waals surface area contributed by atoms with E-state index >= 15 is 0 Å². The molecule has 30 heavy (non-hydrogen) atoms. The first kappa shape index (κ1) is 23.5. The van der Waals surface area contributed by atoms with E-state index < -0.39 is 0 Å². The molecule has 0 heterocycles. The van der Waals surface area contributed by atoms with Crippen LogP contribution in [-0.2, 0) is 5.41 Å². The quantitative estimate of drug-likeness (QED) is 0.364. The molecular weight excluding hydrogens is 362 g/mol. The fraction of sp³-hybridized carbons (Fsp3) is 0.310. The summed E-state index contributed by atoms with van der Waals surface area (Å²) in [5.74, 6) is 0.589. The van der Waals surface area contributed by atoms with Crippen molar-refractivity contribution < 1.29 is 0 Å². The molecule has 0 bridgehead atoms. The second kappa shape index (κ2) is 12.7. The molecule has 0 spiro atoms. The van der Waals surface area contributed by atoms with E-state index in [1.54, 1.807) is 6.20 Å². The second-order valence-corrected chi connectivity index (χ2v) is 8.34. The van der Waals surface area contributed by atoms with E-state index in [0.717, 1.165) is 13.0 Å². The van der Waals surface area contributed by atoms with Crippen LogP contribution < -0.4 is 5.32 Å². The third-order valence-electron chi connectivity index (χ3n) is 5.87. The molecule has 158 valence electrons. The molecule has 3 rings (SSSR count). The Kier molecular flexibility index (Phi) is 9.94. The van der Waals surface area contributed by atoms with Crippen molar-refractivity contribution in [2.45, 2.75) is 51.4 Å². The number of benzene rings is 3. The third-order valence-corrected chi connectivity index (χ3v) is 5.87. The Morgan fingerprint density at radius 2 is 1.37 bits per heavy atom. The molecule has 2 atom stereocenters. The Hall–Kier alpha value is -2.80. The van der Waals surface area contributed by atoms with Gasteiger partial charge in [-0.15, -0.1) is 0 Å². The van der Waals surface area contributed by atoms with Crippen molar-refractivity contribution in [3.63, 3.8) is 0 Å². The van der Waals surface area contributed by atoms with Gasteiger partial charge in [0.2, 0.25) is 0 Å². The lowest BCUT2D eigenvalue weighted by Gasteiger charge is -2.32. The van der Waals surface area contributed by atoms with E-state index in [1.807, 2.05) is 18.2 Å². The summed E-state index contributed by atoms with van der Waals surface area (Å²) in [5.41, 5.74) is 4.39. The van der Waals surface area contributed by atoms with Crippen LogP contribution in [0, 0.1) is 6.92 Å². The zero-order chi connectivity index (χ0) is 21.7. The molecular formula is C29H37N. The lowest BCUT2D eigenvalue weighted by Crippen LogP contribution is -2.27. The van der Waals surface area contributed by atoms with Gasteiger partial charge in [-0.2, -0.15) is 0 Å². The molecule has 0 amide bonds. The van der Waals surface area contributed by atoms with Crippen molar-refractivity contribution in [2.75, 3.05) is 6.54 Å². The minimum absolute atomic E-state index is 0.195. The Balaban J connectivity index is 0.000000386. The maximum atomic E-state index is 3.76. The first-order valence-corrected chi connectivity index (χ1v) is 11.0. The standard InChI is InChI=1S/C22H29N.C7H8/c1-4-23-18-17-22(3,21-13-9-6-10-14-21)16-15-19(2)20-11-7-5-8-12-20;1-7-5-3-2-4-6-7/h4-14,19,23H,1,15-18H2,2-3H3;2-6H,1H3. The predicted octanol–water partition coefficient (Wildman–Crippen LogP) is 7.65. The normalized spacial score (nSPS) is 13.3. The van der Waals surface area contributed by atoms with E-state index in [9.17, 15) is 0 Å². The molecule has 0 saturated heterocycles. The van der Waals surface area contributed by atoms with Crippen LogP contribution >= 0.6 is 0 Å². The minimum atomic E-state index is 0.195. The highest BCUT2D eigenvalue weighted by Crippen LogP contribution is 2.35. The second-order valence-electron chi connectivity index (χ2n) is 8.34. The fourth-order valence-electron chi connectivity index (χ4n) is 3.72. The molecule has 0 aromatic heterocycles. The van der Waals surface area contributed by atoms with Crippen LogP contribution in [-0.4, -0.2) is 6.54 Å². The monoisotopic (exact) mass is 399 g/mol. The van der Waals surface area contributed by atoms with Gasteiger partial charge in [0.15, 0.2) is 0 Å². The molecule has 1 heteroatoms. The van der Waals surface area contributed by atoms with Gasteiger partial charge in [0, 0.05) is 6.54 Å². The average Bonchev–Trinajstić information content (AvgIpc) is 2.80. The van der Waals surface area contributed by atoms with Gasteiger partial charge in [0.1, 0.15) is 0 Å². The number of aryl methyl sites for hydroxylation is 1. The van der Waals surface area contributed by atoms with E-state index in [2.05, 4.69) is 105 Å². The van der Waals surface area contributed by atoms with Gasteiger partial charge < -0.3 is 5.32 Å². The molecule has 0 saturated carbocycles.